The minimum atomic E-state index is -3.52. The molecule has 0 aliphatic heterocycles. The van der Waals surface area contributed by atoms with Gasteiger partial charge in [-0.05, 0) is 56.3 Å². The molecule has 7 heteroatoms. The lowest BCUT2D eigenvalue weighted by molar-refractivity contribution is 0.330. The second kappa shape index (κ2) is 9.49. The molecule has 1 aromatic carbocycles. The average Bonchev–Trinajstić information content (AvgIpc) is 2.70. The quantitative estimate of drug-likeness (QED) is 0.710. The van der Waals surface area contributed by atoms with Gasteiger partial charge in [0, 0.05) is 32.4 Å². The summed E-state index contributed by atoms with van der Waals surface area (Å²) >= 11 is 0. The Labute approximate surface area is 168 Å². The van der Waals surface area contributed by atoms with E-state index in [0.717, 1.165) is 44.5 Å². The number of benzene rings is 1. The molecule has 0 bridgehead atoms. The highest BCUT2D eigenvalue weighted by molar-refractivity contribution is 7.89. The third kappa shape index (κ3) is 5.77. The summed E-state index contributed by atoms with van der Waals surface area (Å²) in [7, 11) is 0.228. The molecule has 0 radical (unpaired) electrons. The monoisotopic (exact) mass is 402 g/mol. The molecule has 0 amide bonds. The predicted molar refractivity (Wildman–Crippen MR) is 113 cm³/mol. The van der Waals surface area contributed by atoms with Crippen LogP contribution >= 0.6 is 0 Å². The lowest BCUT2D eigenvalue weighted by Crippen LogP contribution is -2.42. The molecule has 1 fully saturated rings. The van der Waals surface area contributed by atoms with Crippen LogP contribution in [-0.4, -0.2) is 46.1 Å². The van der Waals surface area contributed by atoms with Gasteiger partial charge in [0.25, 0.3) is 0 Å². The topological polar surface area (TPSA) is 74.3 Å². The maximum Gasteiger partial charge on any atom is 0.242 e. The Hall–Kier alpha value is -1.96. The molecule has 152 valence electrons. The van der Waals surface area contributed by atoms with Gasteiger partial charge >= 0.3 is 0 Å². The summed E-state index contributed by atoms with van der Waals surface area (Å²) < 4.78 is 28.1. The largest absolute Gasteiger partial charge is 0.363 e. The fourth-order valence-electron chi connectivity index (χ4n) is 3.56. The number of nitrogens with zero attached hydrogens (tertiary/aromatic N) is 2. The lowest BCUT2D eigenvalue weighted by Gasteiger charge is -2.29. The summed E-state index contributed by atoms with van der Waals surface area (Å²) in [5, 5.41) is 3.61. The van der Waals surface area contributed by atoms with Crippen LogP contribution in [0.15, 0.2) is 53.6 Å². The van der Waals surface area contributed by atoms with Gasteiger partial charge in [-0.2, -0.15) is 0 Å². The van der Waals surface area contributed by atoms with Crippen molar-refractivity contribution < 1.29 is 8.42 Å². The number of nitrogens with one attached hydrogen (secondary N) is 2. The van der Waals surface area contributed by atoms with Crippen LogP contribution in [0, 0.1) is 0 Å². The summed E-state index contributed by atoms with van der Waals surface area (Å²) in [6.07, 6.45) is 6.12. The zero-order valence-corrected chi connectivity index (χ0v) is 17.5. The average molecular weight is 403 g/mol. The number of hydrogen-bond acceptors (Lipinski definition) is 5. The van der Waals surface area contributed by atoms with E-state index in [1.165, 1.54) is 11.8 Å². The van der Waals surface area contributed by atoms with Crippen LogP contribution < -0.4 is 14.9 Å². The van der Waals surface area contributed by atoms with Gasteiger partial charge in [0.15, 0.2) is 0 Å². The molecule has 2 aromatic rings. The molecule has 0 spiro atoms. The van der Waals surface area contributed by atoms with Crippen LogP contribution in [0.1, 0.15) is 31.2 Å². The Bertz CT molecular complexity index is 830. The van der Waals surface area contributed by atoms with Crippen molar-refractivity contribution in [2.45, 2.75) is 49.1 Å². The van der Waals surface area contributed by atoms with Crippen molar-refractivity contribution in [1.29, 1.82) is 0 Å². The molecule has 1 aliphatic carbocycles. The second-order valence-corrected chi connectivity index (χ2v) is 9.32. The highest BCUT2D eigenvalue weighted by atomic mass is 32.2. The van der Waals surface area contributed by atoms with E-state index in [-0.39, 0.29) is 10.9 Å². The van der Waals surface area contributed by atoms with E-state index in [9.17, 15) is 8.42 Å². The Kier molecular flexibility index (Phi) is 7.04. The van der Waals surface area contributed by atoms with Crippen molar-refractivity contribution >= 4 is 15.8 Å². The number of anilines is 1. The molecule has 3 rings (SSSR count). The zero-order chi connectivity index (χ0) is 20.0. The Balaban J connectivity index is 1.44. The Morgan fingerprint density at radius 1 is 1.00 bits per heavy atom. The van der Waals surface area contributed by atoms with Crippen molar-refractivity contribution in [3.63, 3.8) is 0 Å². The van der Waals surface area contributed by atoms with E-state index in [0.29, 0.717) is 6.04 Å². The standard InChI is InChI=1S/C21H30N4O2S/c1-25(2)21-13-12-20(16-23-21)28(26,27)24-19-10-8-18(9-11-19)22-15-14-17-6-4-3-5-7-17/h3-7,12-13,16,18-19,22,24H,8-11,14-15H2,1-2H3. The first-order chi connectivity index (χ1) is 13.4. The molecule has 0 saturated heterocycles. The van der Waals surface area contributed by atoms with Crippen molar-refractivity contribution in [3.8, 4) is 0 Å². The van der Waals surface area contributed by atoms with Crippen molar-refractivity contribution in [1.82, 2.24) is 15.0 Å². The third-order valence-electron chi connectivity index (χ3n) is 5.23. The van der Waals surface area contributed by atoms with Crippen molar-refractivity contribution in [2.75, 3.05) is 25.5 Å². The first-order valence-corrected chi connectivity index (χ1v) is 11.4. The molecule has 28 heavy (non-hydrogen) atoms. The molecular weight excluding hydrogens is 372 g/mol. The lowest BCUT2D eigenvalue weighted by atomic mass is 9.92. The molecule has 1 aliphatic rings. The van der Waals surface area contributed by atoms with Gasteiger partial charge in [-0.1, -0.05) is 30.3 Å². The van der Waals surface area contributed by atoms with Gasteiger partial charge in [-0.25, -0.2) is 18.1 Å². The maximum atomic E-state index is 12.6. The zero-order valence-electron chi connectivity index (χ0n) is 16.6. The fraction of sp³-hybridized carbons (Fsp3) is 0.476. The summed E-state index contributed by atoms with van der Waals surface area (Å²) in [6, 6.07) is 14.2. The van der Waals surface area contributed by atoms with Crippen LogP contribution in [0.5, 0.6) is 0 Å². The summed E-state index contributed by atoms with van der Waals surface area (Å²) in [5.41, 5.74) is 1.34. The number of sulfonamides is 1. The third-order valence-corrected chi connectivity index (χ3v) is 6.73. The normalized spacial score (nSPS) is 20.1. The highest BCUT2D eigenvalue weighted by Crippen LogP contribution is 2.21. The van der Waals surface area contributed by atoms with Gasteiger partial charge in [0.1, 0.15) is 10.7 Å². The van der Waals surface area contributed by atoms with Gasteiger partial charge in [-0.15, -0.1) is 0 Å². The molecule has 2 N–H and O–H groups in total. The SMILES string of the molecule is CN(C)c1ccc(S(=O)(=O)NC2CCC(NCCc3ccccc3)CC2)cn1. The van der Waals surface area contributed by atoms with E-state index in [4.69, 9.17) is 0 Å². The maximum absolute atomic E-state index is 12.6. The molecular formula is C21H30N4O2S. The van der Waals surface area contributed by atoms with E-state index in [1.54, 1.807) is 12.1 Å². The van der Waals surface area contributed by atoms with Crippen LogP contribution in [0.4, 0.5) is 5.82 Å². The first-order valence-electron chi connectivity index (χ1n) is 9.87. The Morgan fingerprint density at radius 3 is 2.29 bits per heavy atom. The van der Waals surface area contributed by atoms with Crippen LogP contribution in [0.3, 0.4) is 0 Å². The summed E-state index contributed by atoms with van der Waals surface area (Å²) in [4.78, 5) is 6.27. The Morgan fingerprint density at radius 2 is 1.68 bits per heavy atom. The molecule has 1 aromatic heterocycles. The number of rotatable bonds is 8. The van der Waals surface area contributed by atoms with Crippen LogP contribution in [-0.2, 0) is 16.4 Å². The predicted octanol–water partition coefficient (Wildman–Crippen LogP) is 2.57. The highest BCUT2D eigenvalue weighted by Gasteiger charge is 2.25. The molecule has 0 unspecified atom stereocenters. The van der Waals surface area contributed by atoms with Gasteiger partial charge < -0.3 is 10.2 Å². The first kappa shape index (κ1) is 20.8. The van der Waals surface area contributed by atoms with Crippen molar-refractivity contribution in [2.24, 2.45) is 0 Å². The number of pyridine rings is 1. The van der Waals surface area contributed by atoms with E-state index in [1.807, 2.05) is 25.1 Å². The van der Waals surface area contributed by atoms with E-state index in [2.05, 4.69) is 39.3 Å². The molecule has 0 atom stereocenters. The van der Waals surface area contributed by atoms with Crippen molar-refractivity contribution in [3.05, 3.63) is 54.2 Å². The smallest absolute Gasteiger partial charge is 0.242 e. The van der Waals surface area contributed by atoms with Crippen LogP contribution in [0.25, 0.3) is 0 Å². The second-order valence-electron chi connectivity index (χ2n) is 7.61. The van der Waals surface area contributed by atoms with Gasteiger partial charge in [0.2, 0.25) is 10.0 Å². The van der Waals surface area contributed by atoms with E-state index < -0.39 is 10.0 Å². The fourth-order valence-corrected chi connectivity index (χ4v) is 4.81. The summed E-state index contributed by atoms with van der Waals surface area (Å²) in [6.45, 7) is 0.953. The molecule has 1 saturated carbocycles. The number of hydrogen-bond donors (Lipinski definition) is 2. The number of aromatic nitrogens is 1. The molecule has 6 nitrogen and oxygen atoms in total. The molecule has 1 heterocycles. The minimum Gasteiger partial charge on any atom is -0.363 e. The van der Waals surface area contributed by atoms with Gasteiger partial charge in [0.05, 0.1) is 0 Å². The van der Waals surface area contributed by atoms with Gasteiger partial charge in [-0.3, -0.25) is 0 Å². The van der Waals surface area contributed by atoms with Crippen LogP contribution in [0.2, 0.25) is 0 Å². The minimum absolute atomic E-state index is 0.00861. The summed E-state index contributed by atoms with van der Waals surface area (Å²) in [5.74, 6) is 0.737. The van der Waals surface area contributed by atoms with E-state index >= 15 is 0 Å².